The fraction of sp³-hybridized carbons (Fsp3) is 0.500. The molecule has 37 heavy (non-hydrogen) atoms. The maximum atomic E-state index is 11.9. The van der Waals surface area contributed by atoms with Gasteiger partial charge in [0.15, 0.2) is 0 Å². The Morgan fingerprint density at radius 3 is 0.811 bits per heavy atom. The van der Waals surface area contributed by atoms with Crippen LogP contribution in [0, 0.1) is 90.3 Å². The summed E-state index contributed by atoms with van der Waals surface area (Å²) in [7, 11) is 0. The number of nitrogens with zero attached hydrogens (tertiary/aromatic N) is 3. The van der Waals surface area contributed by atoms with Crippen LogP contribution in [0.1, 0.15) is 120 Å². The molecule has 198 valence electrons. The van der Waals surface area contributed by atoms with Gasteiger partial charge in [0.2, 0.25) is 0 Å². The molecule has 2 saturated carbocycles. The van der Waals surface area contributed by atoms with Crippen molar-refractivity contribution in [1.29, 1.82) is 0 Å². The molecule has 0 unspecified atom stereocenters. The molecule has 1 aromatic rings. The molecule has 0 saturated heterocycles. The van der Waals surface area contributed by atoms with Crippen molar-refractivity contribution in [1.82, 2.24) is 0 Å². The molecule has 0 amide bonds. The first-order chi connectivity index (χ1) is 16.6. The summed E-state index contributed by atoms with van der Waals surface area (Å²) in [6.45, 7) is 30.2. The van der Waals surface area contributed by atoms with Crippen molar-refractivity contribution in [3.63, 3.8) is 0 Å². The zero-order valence-electron chi connectivity index (χ0n) is 25.6. The Kier molecular flexibility index (Phi) is 18.6. The van der Waals surface area contributed by atoms with Gasteiger partial charge in [-0.15, -0.1) is 5.75 Å². The van der Waals surface area contributed by atoms with Crippen LogP contribution >= 0.6 is 0 Å². The van der Waals surface area contributed by atoms with Gasteiger partial charge in [-0.2, -0.15) is 0 Å². The van der Waals surface area contributed by atoms with E-state index in [1.807, 2.05) is 18.2 Å². The van der Waals surface area contributed by atoms with E-state index in [2.05, 4.69) is 96.9 Å². The van der Waals surface area contributed by atoms with Gasteiger partial charge in [0.1, 0.15) is 0 Å². The number of hydrogen-bond acceptors (Lipinski definition) is 1. The van der Waals surface area contributed by atoms with Gasteiger partial charge < -0.3 is 16.2 Å². The van der Waals surface area contributed by atoms with Crippen molar-refractivity contribution in [2.75, 3.05) is 0 Å². The summed E-state index contributed by atoms with van der Waals surface area (Å²) in [5.74, 6) is 15.6. The van der Waals surface area contributed by atoms with Crippen molar-refractivity contribution in [3.05, 3.63) is 104 Å². The average molecular weight is 728 g/mol. The summed E-state index contributed by atoms with van der Waals surface area (Å²) in [5.41, 5.74) is 15.4. The Morgan fingerprint density at radius 2 is 0.676 bits per heavy atom. The molecule has 2 aliphatic rings. The Balaban J connectivity index is 0. The second kappa shape index (κ2) is 17.9. The van der Waals surface area contributed by atoms with Crippen LogP contribution in [-0.2, 0) is 0 Å². The molecule has 0 N–H and O–H groups in total. The Morgan fingerprint density at radius 1 is 0.514 bits per heavy atom. The predicted molar refractivity (Wildman–Crippen MR) is 153 cm³/mol. The summed E-state index contributed by atoms with van der Waals surface area (Å²) in [5, 5.41) is 11.9. The molecule has 0 spiro atoms. The van der Waals surface area contributed by atoms with Gasteiger partial charge in [-0.3, -0.25) is 4.91 Å². The molecular formula is C32H47N3OU+2. The minimum Gasteiger partial charge on any atom is -0.872 e. The first-order valence-corrected chi connectivity index (χ1v) is 12.7. The first-order valence-electron chi connectivity index (χ1n) is 12.7. The van der Waals surface area contributed by atoms with Crippen LogP contribution in [-0.4, -0.2) is 0 Å². The third-order valence-electron chi connectivity index (χ3n) is 7.94. The zero-order chi connectivity index (χ0) is 28.5. The summed E-state index contributed by atoms with van der Waals surface area (Å²) in [6, 6.07) is 5.84. The normalized spacial score (nSPS) is 19.6. The van der Waals surface area contributed by atoms with E-state index in [9.17, 15) is 5.11 Å². The first kappa shape index (κ1) is 38.5. The van der Waals surface area contributed by atoms with Crippen molar-refractivity contribution in [2.24, 2.45) is 0 Å². The number of para-hydroxylation sites is 1. The van der Waals surface area contributed by atoms with Crippen LogP contribution in [0.2, 0.25) is 0 Å². The van der Waals surface area contributed by atoms with E-state index < -0.39 is 0 Å². The minimum absolute atomic E-state index is 0. The van der Waals surface area contributed by atoms with E-state index >= 15 is 0 Å². The van der Waals surface area contributed by atoms with Crippen molar-refractivity contribution in [2.45, 2.75) is 109 Å². The van der Waals surface area contributed by atoms with Crippen LogP contribution in [0.4, 0.5) is 0 Å². The standard InChI is InChI=1S/C12H18O.2C10H15.N3.U/c1-8(2)10-6-5-7-11(9(3)4)12(10)13;2*1-6-7(2)9(4)10(5)8(6)3;1-3-2;/h5-9,13H,1-4H3;2*1-5H3;;/q;;;-1;+4/p-1. The summed E-state index contributed by atoms with van der Waals surface area (Å²) < 4.78 is 0. The molecular weight excluding hydrogens is 680 g/mol. The zero-order valence-corrected chi connectivity index (χ0v) is 29.8. The fourth-order valence-electron chi connectivity index (χ4n) is 4.30. The molecule has 0 atom stereocenters. The Labute approximate surface area is 254 Å². The molecule has 3 rings (SSSR count). The number of rotatable bonds is 2. The van der Waals surface area contributed by atoms with Crippen LogP contribution < -0.4 is 5.11 Å². The quantitative estimate of drug-likeness (QED) is 0.170. The smallest absolute Gasteiger partial charge is 0.872 e. The van der Waals surface area contributed by atoms with Crippen molar-refractivity contribution in [3.8, 4) is 5.75 Å². The van der Waals surface area contributed by atoms with Gasteiger partial charge >= 0.3 is 31.1 Å². The van der Waals surface area contributed by atoms with Gasteiger partial charge in [-0.25, -0.2) is 0 Å². The van der Waals surface area contributed by atoms with Crippen LogP contribution in [0.5, 0.6) is 5.75 Å². The maximum absolute atomic E-state index is 11.9. The number of hydrogen-bond donors (Lipinski definition) is 0. The summed E-state index contributed by atoms with van der Waals surface area (Å²) in [4.78, 5) is 1.50. The third kappa shape index (κ3) is 10.5. The van der Waals surface area contributed by atoms with E-state index in [0.717, 1.165) is 11.1 Å². The minimum atomic E-state index is 0. The van der Waals surface area contributed by atoms with Crippen molar-refractivity contribution < 1.29 is 36.2 Å². The van der Waals surface area contributed by atoms with E-state index in [1.165, 1.54) is 64.1 Å². The molecule has 5 heteroatoms. The average Bonchev–Trinajstić information content (AvgIpc) is 3.10. The summed E-state index contributed by atoms with van der Waals surface area (Å²) in [6.07, 6.45) is 0. The van der Waals surface area contributed by atoms with Gasteiger partial charge in [-0.05, 0) is 71.0 Å². The van der Waals surface area contributed by atoms with Crippen LogP contribution in [0.25, 0.3) is 16.0 Å². The maximum Gasteiger partial charge on any atom is 4.00 e. The molecule has 2 fully saturated rings. The molecule has 0 aliphatic heterocycles. The van der Waals surface area contributed by atoms with E-state index in [-0.39, 0.29) is 36.9 Å². The van der Waals surface area contributed by atoms with Crippen molar-refractivity contribution >= 4 is 0 Å². The topological polar surface area (TPSA) is 81.8 Å². The van der Waals surface area contributed by atoms with E-state index in [4.69, 9.17) is 11.1 Å². The second-order valence-electron chi connectivity index (χ2n) is 10.4. The molecule has 10 radical (unpaired) electrons. The largest absolute Gasteiger partial charge is 4.00 e. The Hall–Kier alpha value is -0.618. The monoisotopic (exact) mass is 727 g/mol. The van der Waals surface area contributed by atoms with E-state index in [1.54, 1.807) is 0 Å². The third-order valence-corrected chi connectivity index (χ3v) is 7.94. The summed E-state index contributed by atoms with van der Waals surface area (Å²) >= 11 is 0. The van der Waals surface area contributed by atoms with Gasteiger partial charge in [0, 0.05) is 0 Å². The predicted octanol–water partition coefficient (Wildman–Crippen LogP) is 9.82. The van der Waals surface area contributed by atoms with Crippen LogP contribution in [0.15, 0.2) is 18.2 Å². The van der Waals surface area contributed by atoms with Gasteiger partial charge in [0.25, 0.3) is 0 Å². The van der Waals surface area contributed by atoms with Gasteiger partial charge in [-0.1, -0.05) is 126 Å². The number of benzene rings is 1. The molecule has 0 aromatic heterocycles. The molecule has 0 heterocycles. The SMILES string of the molecule is CC(C)c1cccc(C(C)C)c1[O-].C[C]1[C](C)[C](C)[C](C)[C]1C.C[C]1[C](C)[C](C)[C](C)[C]1C.[N-]=[N+]=[N-].[U+4]. The Bertz CT molecular complexity index is 659. The fourth-order valence-corrected chi connectivity index (χ4v) is 4.30. The molecule has 2 aliphatic carbocycles. The van der Waals surface area contributed by atoms with Gasteiger partial charge in [0.05, 0.1) is 0 Å². The van der Waals surface area contributed by atoms with Crippen LogP contribution in [0.3, 0.4) is 0 Å². The molecule has 4 nitrogen and oxygen atoms in total. The molecule has 0 bridgehead atoms. The van der Waals surface area contributed by atoms with E-state index in [0.29, 0.717) is 11.8 Å². The second-order valence-corrected chi connectivity index (χ2v) is 10.4. The molecule has 1 aromatic carbocycles.